The highest BCUT2D eigenvalue weighted by Crippen LogP contribution is 2.12. The van der Waals surface area contributed by atoms with E-state index < -0.39 is 0 Å². The Hall–Kier alpha value is -3.73. The number of rotatable bonds is 7. The van der Waals surface area contributed by atoms with Crippen molar-refractivity contribution in [2.45, 2.75) is 19.8 Å². The fourth-order valence-corrected chi connectivity index (χ4v) is 2.81. The highest BCUT2D eigenvalue weighted by atomic mass is 16.2. The highest BCUT2D eigenvalue weighted by Gasteiger charge is 2.09. The third kappa shape index (κ3) is 5.62. The van der Waals surface area contributed by atoms with Crippen LogP contribution in [0.2, 0.25) is 0 Å². The van der Waals surface area contributed by atoms with E-state index in [-0.39, 0.29) is 11.8 Å². The summed E-state index contributed by atoms with van der Waals surface area (Å²) in [4.78, 5) is 24.6. The zero-order valence-electron chi connectivity index (χ0n) is 16.3. The van der Waals surface area contributed by atoms with Crippen molar-refractivity contribution in [2.24, 2.45) is 5.10 Å². The van der Waals surface area contributed by atoms with Crippen molar-refractivity contribution < 1.29 is 9.59 Å². The summed E-state index contributed by atoms with van der Waals surface area (Å²) >= 11 is 0. The molecule has 2 amide bonds. The molecule has 0 spiro atoms. The highest BCUT2D eigenvalue weighted by molar-refractivity contribution is 6.05. The van der Waals surface area contributed by atoms with Crippen molar-refractivity contribution >= 4 is 23.2 Å². The van der Waals surface area contributed by atoms with Crippen molar-refractivity contribution in [2.75, 3.05) is 5.32 Å². The van der Waals surface area contributed by atoms with Crippen LogP contribution in [0.4, 0.5) is 5.69 Å². The van der Waals surface area contributed by atoms with E-state index in [0.29, 0.717) is 16.8 Å². The molecule has 0 aliphatic carbocycles. The third-order valence-electron chi connectivity index (χ3n) is 4.33. The van der Waals surface area contributed by atoms with Gasteiger partial charge in [-0.05, 0) is 48.4 Å². The first kappa shape index (κ1) is 20.0. The molecule has 0 aliphatic rings. The molecular formula is C24H23N3O2. The number of hydrogen-bond acceptors (Lipinski definition) is 3. The molecule has 29 heavy (non-hydrogen) atoms. The minimum absolute atomic E-state index is 0.195. The molecule has 3 aromatic carbocycles. The molecule has 146 valence electrons. The number of hydrazone groups is 1. The Balaban J connectivity index is 1.64. The van der Waals surface area contributed by atoms with E-state index >= 15 is 0 Å². The number of nitrogens with zero attached hydrogens (tertiary/aromatic N) is 1. The Bertz CT molecular complexity index is 982. The SMILES string of the molecule is CCCC(=NNC(=O)c1ccc(NC(=O)c2ccccc2)cc1)c1ccccc1. The molecule has 0 aromatic heterocycles. The second-order valence-electron chi connectivity index (χ2n) is 6.51. The van der Waals surface area contributed by atoms with Crippen molar-refractivity contribution in [3.05, 3.63) is 102 Å². The lowest BCUT2D eigenvalue weighted by Crippen LogP contribution is -2.20. The number of hydrogen-bond donors (Lipinski definition) is 2. The number of carbonyl (C=O) groups excluding carboxylic acids is 2. The first-order valence-electron chi connectivity index (χ1n) is 9.56. The van der Waals surface area contributed by atoms with Gasteiger partial charge in [-0.3, -0.25) is 9.59 Å². The lowest BCUT2D eigenvalue weighted by atomic mass is 10.1. The minimum Gasteiger partial charge on any atom is -0.322 e. The van der Waals surface area contributed by atoms with Crippen molar-refractivity contribution in [1.82, 2.24) is 5.43 Å². The molecule has 3 rings (SSSR count). The van der Waals surface area contributed by atoms with Gasteiger partial charge >= 0.3 is 0 Å². The van der Waals surface area contributed by atoms with Gasteiger partial charge in [0.15, 0.2) is 0 Å². The van der Waals surface area contributed by atoms with Gasteiger partial charge in [-0.15, -0.1) is 0 Å². The Kier molecular flexibility index (Phi) is 6.90. The molecule has 0 saturated carbocycles. The van der Waals surface area contributed by atoms with Gasteiger partial charge in [0.05, 0.1) is 5.71 Å². The fraction of sp³-hybridized carbons (Fsp3) is 0.125. The van der Waals surface area contributed by atoms with Crippen LogP contribution in [0, 0.1) is 0 Å². The van der Waals surface area contributed by atoms with Crippen LogP contribution in [0.3, 0.4) is 0 Å². The Morgan fingerprint density at radius 3 is 1.86 bits per heavy atom. The van der Waals surface area contributed by atoms with Gasteiger partial charge in [0, 0.05) is 16.8 Å². The average molecular weight is 385 g/mol. The van der Waals surface area contributed by atoms with Gasteiger partial charge in [-0.2, -0.15) is 5.10 Å². The predicted molar refractivity (Wildman–Crippen MR) is 116 cm³/mol. The standard InChI is InChI=1S/C24H23N3O2/c1-2-9-22(18-10-5-3-6-11-18)26-27-24(29)20-14-16-21(17-15-20)25-23(28)19-12-7-4-8-13-19/h3-8,10-17H,2,9H2,1H3,(H,25,28)(H,27,29). The van der Waals surface area contributed by atoms with E-state index in [0.717, 1.165) is 24.1 Å². The molecule has 0 heterocycles. The summed E-state index contributed by atoms with van der Waals surface area (Å²) in [5, 5.41) is 7.13. The molecule has 0 radical (unpaired) electrons. The van der Waals surface area contributed by atoms with Crippen LogP contribution >= 0.6 is 0 Å². The third-order valence-corrected chi connectivity index (χ3v) is 4.33. The minimum atomic E-state index is -0.296. The summed E-state index contributed by atoms with van der Waals surface area (Å²) in [7, 11) is 0. The van der Waals surface area contributed by atoms with Crippen LogP contribution in [0.1, 0.15) is 46.0 Å². The second kappa shape index (κ2) is 9.99. The molecule has 0 aliphatic heterocycles. The zero-order chi connectivity index (χ0) is 20.5. The maximum absolute atomic E-state index is 12.4. The Morgan fingerprint density at radius 1 is 0.724 bits per heavy atom. The summed E-state index contributed by atoms with van der Waals surface area (Å²) in [6, 6.07) is 25.5. The maximum Gasteiger partial charge on any atom is 0.271 e. The van der Waals surface area contributed by atoms with E-state index in [1.165, 1.54) is 0 Å². The molecule has 0 bridgehead atoms. The number of benzene rings is 3. The largest absolute Gasteiger partial charge is 0.322 e. The first-order valence-corrected chi connectivity index (χ1v) is 9.56. The molecule has 5 nitrogen and oxygen atoms in total. The Morgan fingerprint density at radius 2 is 1.28 bits per heavy atom. The van der Waals surface area contributed by atoms with Crippen molar-refractivity contribution in [3.63, 3.8) is 0 Å². The summed E-state index contributed by atoms with van der Waals surface area (Å²) < 4.78 is 0. The number of amides is 2. The number of nitrogens with one attached hydrogen (secondary N) is 2. The smallest absolute Gasteiger partial charge is 0.271 e. The lowest BCUT2D eigenvalue weighted by Gasteiger charge is -2.08. The maximum atomic E-state index is 12.4. The average Bonchev–Trinajstić information content (AvgIpc) is 2.78. The Labute approximate surface area is 170 Å². The molecule has 0 unspecified atom stereocenters. The summed E-state index contributed by atoms with van der Waals surface area (Å²) in [6.07, 6.45) is 1.70. The topological polar surface area (TPSA) is 70.6 Å². The quantitative estimate of drug-likeness (QED) is 0.450. The van der Waals surface area contributed by atoms with E-state index in [1.54, 1.807) is 36.4 Å². The van der Waals surface area contributed by atoms with Gasteiger partial charge < -0.3 is 5.32 Å². The summed E-state index contributed by atoms with van der Waals surface area (Å²) in [5.74, 6) is -0.491. The van der Waals surface area contributed by atoms with Crippen LogP contribution in [0.25, 0.3) is 0 Å². The molecule has 3 aromatic rings. The first-order chi connectivity index (χ1) is 14.2. The second-order valence-corrected chi connectivity index (χ2v) is 6.51. The summed E-state index contributed by atoms with van der Waals surface area (Å²) in [6.45, 7) is 2.07. The molecule has 2 N–H and O–H groups in total. The molecular weight excluding hydrogens is 362 g/mol. The molecule has 5 heteroatoms. The molecule has 0 atom stereocenters. The summed E-state index contributed by atoms with van der Waals surface area (Å²) in [5.41, 5.74) is 6.13. The van der Waals surface area contributed by atoms with Gasteiger partial charge in [0.25, 0.3) is 11.8 Å². The van der Waals surface area contributed by atoms with E-state index in [1.807, 2.05) is 48.5 Å². The van der Waals surface area contributed by atoms with Gasteiger partial charge in [0.1, 0.15) is 0 Å². The van der Waals surface area contributed by atoms with Gasteiger partial charge in [0.2, 0.25) is 0 Å². The van der Waals surface area contributed by atoms with Crippen LogP contribution in [0.5, 0.6) is 0 Å². The van der Waals surface area contributed by atoms with Crippen LogP contribution in [-0.4, -0.2) is 17.5 Å². The number of carbonyl (C=O) groups is 2. The van der Waals surface area contributed by atoms with Crippen molar-refractivity contribution in [3.8, 4) is 0 Å². The monoisotopic (exact) mass is 385 g/mol. The number of anilines is 1. The van der Waals surface area contributed by atoms with E-state index in [2.05, 4.69) is 22.8 Å². The normalized spacial score (nSPS) is 11.0. The molecule has 0 saturated heterocycles. The van der Waals surface area contributed by atoms with E-state index in [9.17, 15) is 9.59 Å². The zero-order valence-corrected chi connectivity index (χ0v) is 16.3. The van der Waals surface area contributed by atoms with Crippen LogP contribution in [0.15, 0.2) is 90.0 Å². The van der Waals surface area contributed by atoms with Crippen LogP contribution in [-0.2, 0) is 0 Å². The van der Waals surface area contributed by atoms with E-state index in [4.69, 9.17) is 0 Å². The molecule has 0 fully saturated rings. The van der Waals surface area contributed by atoms with Crippen molar-refractivity contribution in [1.29, 1.82) is 0 Å². The lowest BCUT2D eigenvalue weighted by molar-refractivity contribution is 0.0954. The predicted octanol–water partition coefficient (Wildman–Crippen LogP) is 4.87. The van der Waals surface area contributed by atoms with Gasteiger partial charge in [-0.1, -0.05) is 61.9 Å². The van der Waals surface area contributed by atoms with Crippen LogP contribution < -0.4 is 10.7 Å². The fourth-order valence-electron chi connectivity index (χ4n) is 2.81. The van der Waals surface area contributed by atoms with Gasteiger partial charge in [-0.25, -0.2) is 5.43 Å².